The molecule has 0 bridgehead atoms. The van der Waals surface area contributed by atoms with Gasteiger partial charge in [0.05, 0.1) is 5.56 Å². The van der Waals surface area contributed by atoms with E-state index in [1.807, 2.05) is 54.6 Å². The Balaban J connectivity index is 1.56. The number of hydrogen-bond acceptors (Lipinski definition) is 4. The predicted molar refractivity (Wildman–Crippen MR) is 179 cm³/mol. The van der Waals surface area contributed by atoms with Crippen molar-refractivity contribution in [2.75, 3.05) is 18.0 Å². The lowest BCUT2D eigenvalue weighted by molar-refractivity contribution is 0.504. The summed E-state index contributed by atoms with van der Waals surface area (Å²) < 4.78 is 23.4. The fraction of sp³-hybridized carbons (Fsp3) is 0.257. The van der Waals surface area contributed by atoms with Crippen molar-refractivity contribution in [3.05, 3.63) is 107 Å². The SMILES string of the molecule is CC(C)(C)[Si](Oc1cccc(F)c1-c1cc2c(Cl)nnc(N3CCCCC3)c2cc1Cl)(c1ccccc1)c1ccccc1. The van der Waals surface area contributed by atoms with Gasteiger partial charge >= 0.3 is 8.32 Å². The number of halogens is 3. The summed E-state index contributed by atoms with van der Waals surface area (Å²) in [7, 11) is -3.06. The first-order chi connectivity index (χ1) is 20.7. The number of aromatic nitrogens is 2. The maximum absolute atomic E-state index is 16.1. The van der Waals surface area contributed by atoms with Crippen LogP contribution in [0.5, 0.6) is 5.75 Å². The summed E-state index contributed by atoms with van der Waals surface area (Å²) in [5, 5.41) is 12.7. The fourth-order valence-electron chi connectivity index (χ4n) is 6.32. The highest BCUT2D eigenvalue weighted by atomic mass is 35.5. The molecule has 1 aromatic heterocycles. The number of rotatable bonds is 6. The maximum Gasteiger partial charge on any atom is 0.319 e. The monoisotopic (exact) mass is 629 g/mol. The van der Waals surface area contributed by atoms with Crippen LogP contribution in [-0.2, 0) is 0 Å². The van der Waals surface area contributed by atoms with Gasteiger partial charge in [0.1, 0.15) is 11.6 Å². The quantitative estimate of drug-likeness (QED) is 0.176. The smallest absolute Gasteiger partial charge is 0.319 e. The molecule has 1 aliphatic rings. The van der Waals surface area contributed by atoms with E-state index >= 15 is 4.39 Å². The molecule has 4 aromatic carbocycles. The van der Waals surface area contributed by atoms with Crippen molar-refractivity contribution in [3.63, 3.8) is 0 Å². The number of piperidine rings is 1. The molecule has 0 unspecified atom stereocenters. The Labute approximate surface area is 263 Å². The lowest BCUT2D eigenvalue weighted by atomic mass is 10.0. The third-order valence-corrected chi connectivity index (χ3v) is 13.9. The van der Waals surface area contributed by atoms with E-state index in [9.17, 15) is 0 Å². The van der Waals surface area contributed by atoms with Crippen LogP contribution in [0.25, 0.3) is 21.9 Å². The van der Waals surface area contributed by atoms with Gasteiger partial charge in [-0.1, -0.05) is 111 Å². The second-order valence-electron chi connectivity index (χ2n) is 12.1. The fourth-order valence-corrected chi connectivity index (χ4v) is 11.2. The van der Waals surface area contributed by atoms with E-state index < -0.39 is 14.1 Å². The van der Waals surface area contributed by atoms with E-state index in [4.69, 9.17) is 27.6 Å². The Morgan fingerprint density at radius 3 is 2.00 bits per heavy atom. The molecule has 8 heteroatoms. The first-order valence-corrected chi connectivity index (χ1v) is 17.4. The molecule has 0 atom stereocenters. The zero-order valence-electron chi connectivity index (χ0n) is 24.6. The predicted octanol–water partition coefficient (Wildman–Crippen LogP) is 8.67. The average molecular weight is 631 g/mol. The minimum atomic E-state index is -3.06. The lowest BCUT2D eigenvalue weighted by Gasteiger charge is -2.43. The van der Waals surface area contributed by atoms with Crippen molar-refractivity contribution >= 4 is 58.5 Å². The second-order valence-corrected chi connectivity index (χ2v) is 17.1. The number of nitrogens with zero attached hydrogens (tertiary/aromatic N) is 3. The van der Waals surface area contributed by atoms with E-state index in [0.29, 0.717) is 27.3 Å². The first-order valence-electron chi connectivity index (χ1n) is 14.7. The topological polar surface area (TPSA) is 38.3 Å². The molecular formula is C35H34Cl2FN3OSi. The van der Waals surface area contributed by atoms with Gasteiger partial charge in [-0.3, -0.25) is 0 Å². The second kappa shape index (κ2) is 11.9. The zero-order valence-corrected chi connectivity index (χ0v) is 27.1. The van der Waals surface area contributed by atoms with Crippen LogP contribution in [0.1, 0.15) is 40.0 Å². The first kappa shape index (κ1) is 29.6. The Kier molecular flexibility index (Phi) is 8.20. The Hall–Kier alpha value is -3.45. The van der Waals surface area contributed by atoms with Gasteiger partial charge in [-0.2, -0.15) is 0 Å². The van der Waals surface area contributed by atoms with Crippen molar-refractivity contribution < 1.29 is 8.82 Å². The van der Waals surface area contributed by atoms with Crippen molar-refractivity contribution in [1.29, 1.82) is 0 Å². The van der Waals surface area contributed by atoms with Gasteiger partial charge in [0, 0.05) is 34.4 Å². The van der Waals surface area contributed by atoms with Gasteiger partial charge in [0.15, 0.2) is 11.0 Å². The lowest BCUT2D eigenvalue weighted by Crippen LogP contribution is -2.68. The summed E-state index contributed by atoms with van der Waals surface area (Å²) in [5.41, 5.74) is 0.800. The van der Waals surface area contributed by atoms with E-state index in [-0.39, 0.29) is 10.2 Å². The molecule has 2 heterocycles. The summed E-state index contributed by atoms with van der Waals surface area (Å²) in [4.78, 5) is 2.23. The molecule has 0 spiro atoms. The molecule has 6 rings (SSSR count). The highest BCUT2D eigenvalue weighted by Crippen LogP contribution is 2.45. The highest BCUT2D eigenvalue weighted by molar-refractivity contribution is 7.00. The number of fused-ring (bicyclic) bond motifs is 1. The van der Waals surface area contributed by atoms with Gasteiger partial charge < -0.3 is 9.33 Å². The molecule has 0 aliphatic carbocycles. The highest BCUT2D eigenvalue weighted by Gasteiger charge is 2.52. The molecular weight excluding hydrogens is 596 g/mol. The summed E-state index contributed by atoms with van der Waals surface area (Å²) in [6.45, 7) is 8.38. The van der Waals surface area contributed by atoms with Gasteiger partial charge in [0.25, 0.3) is 0 Å². The van der Waals surface area contributed by atoms with Crippen LogP contribution in [-0.4, -0.2) is 31.6 Å². The minimum Gasteiger partial charge on any atom is -0.533 e. The molecule has 1 saturated heterocycles. The number of benzene rings is 4. The molecule has 0 radical (unpaired) electrons. The summed E-state index contributed by atoms with van der Waals surface area (Å²) in [5.74, 6) is 0.765. The van der Waals surface area contributed by atoms with E-state index in [1.54, 1.807) is 6.07 Å². The summed E-state index contributed by atoms with van der Waals surface area (Å²) in [6, 6.07) is 29.3. The Morgan fingerprint density at radius 2 is 1.40 bits per heavy atom. The van der Waals surface area contributed by atoms with Crippen LogP contribution < -0.4 is 19.7 Å². The van der Waals surface area contributed by atoms with Crippen molar-refractivity contribution in [3.8, 4) is 16.9 Å². The van der Waals surface area contributed by atoms with Crippen molar-refractivity contribution in [1.82, 2.24) is 10.2 Å². The molecule has 5 aromatic rings. The molecule has 0 saturated carbocycles. The molecule has 0 N–H and O–H groups in total. The van der Waals surface area contributed by atoms with Crippen molar-refractivity contribution in [2.24, 2.45) is 0 Å². The van der Waals surface area contributed by atoms with Gasteiger partial charge in [-0.05, 0) is 58.9 Å². The normalized spacial score (nSPS) is 14.2. The molecule has 43 heavy (non-hydrogen) atoms. The van der Waals surface area contributed by atoms with Crippen LogP contribution in [0, 0.1) is 5.82 Å². The van der Waals surface area contributed by atoms with Gasteiger partial charge in [-0.15, -0.1) is 10.2 Å². The van der Waals surface area contributed by atoms with E-state index in [2.05, 4.69) is 60.1 Å². The van der Waals surface area contributed by atoms with E-state index in [0.717, 1.165) is 47.5 Å². The molecule has 0 amide bonds. The van der Waals surface area contributed by atoms with Crippen LogP contribution in [0.3, 0.4) is 0 Å². The third-order valence-electron chi connectivity index (χ3n) is 8.38. The average Bonchev–Trinajstić information content (AvgIpc) is 3.01. The number of anilines is 1. The Morgan fingerprint density at radius 1 is 0.767 bits per heavy atom. The molecule has 1 aliphatic heterocycles. The standard InChI is InChI=1S/C35H34Cl2FN3OSi/c1-35(2,3)43(24-14-7-4-8-15-24,25-16-9-5-10-17-25)42-31-19-13-18-30(38)32(31)28-22-26-27(23-29(28)36)34(40-39-33(26)37)41-20-11-6-12-21-41/h4-5,7-10,13-19,22-23H,6,11-12,20-21H2,1-3H3. The summed E-state index contributed by atoms with van der Waals surface area (Å²) in [6.07, 6.45) is 3.38. The third kappa shape index (κ3) is 5.41. The minimum absolute atomic E-state index is 0.250. The zero-order chi connectivity index (χ0) is 30.2. The van der Waals surface area contributed by atoms with Gasteiger partial charge in [-0.25, -0.2) is 4.39 Å². The van der Waals surface area contributed by atoms with Crippen LogP contribution >= 0.6 is 23.2 Å². The Bertz CT molecular complexity index is 1720. The maximum atomic E-state index is 16.1. The molecule has 1 fully saturated rings. The van der Waals surface area contributed by atoms with Crippen LogP contribution in [0.2, 0.25) is 15.2 Å². The van der Waals surface area contributed by atoms with Crippen LogP contribution in [0.4, 0.5) is 10.2 Å². The van der Waals surface area contributed by atoms with Crippen LogP contribution in [0.15, 0.2) is 91.0 Å². The van der Waals surface area contributed by atoms with Crippen molar-refractivity contribution in [2.45, 2.75) is 45.1 Å². The molecule has 4 nitrogen and oxygen atoms in total. The van der Waals surface area contributed by atoms with E-state index in [1.165, 1.54) is 12.5 Å². The molecule has 220 valence electrons. The largest absolute Gasteiger partial charge is 0.533 e. The number of hydrogen-bond donors (Lipinski definition) is 0. The summed E-state index contributed by atoms with van der Waals surface area (Å²) >= 11 is 13.7. The van der Waals surface area contributed by atoms with Gasteiger partial charge in [0.2, 0.25) is 0 Å².